The molecule has 152 valence electrons. The molecule has 3 nitrogen and oxygen atoms in total. The molecule has 1 heterocycles. The van der Waals surface area contributed by atoms with Gasteiger partial charge in [0, 0.05) is 31.4 Å². The van der Waals surface area contributed by atoms with Crippen molar-refractivity contribution in [3.63, 3.8) is 0 Å². The minimum Gasteiger partial charge on any atom is -0.497 e. The van der Waals surface area contributed by atoms with Gasteiger partial charge in [0.25, 0.3) is 0 Å². The predicted molar refractivity (Wildman–Crippen MR) is 128 cm³/mol. The van der Waals surface area contributed by atoms with Crippen molar-refractivity contribution < 1.29 is 14.3 Å². The molecular formula is C25H21BrO3S. The average molecular weight is 481 g/mol. The number of benzene rings is 3. The van der Waals surface area contributed by atoms with Crippen LogP contribution in [-0.4, -0.2) is 24.8 Å². The fourth-order valence-electron chi connectivity index (χ4n) is 3.38. The number of methoxy groups -OCH3 is 1. The van der Waals surface area contributed by atoms with E-state index >= 15 is 0 Å². The molecule has 4 aromatic rings. The highest BCUT2D eigenvalue weighted by atomic mass is 79.9. The fraction of sp³-hybridized carbons (Fsp3) is 0.160. The Labute approximate surface area is 188 Å². The quantitative estimate of drug-likeness (QED) is 0.213. The third-order valence-electron chi connectivity index (χ3n) is 4.89. The van der Waals surface area contributed by atoms with Crippen molar-refractivity contribution >= 4 is 43.1 Å². The van der Waals surface area contributed by atoms with Crippen LogP contribution in [0.2, 0.25) is 0 Å². The number of ether oxygens (including phenoxy) is 2. The number of hydrogen-bond acceptors (Lipinski definition) is 4. The largest absolute Gasteiger partial charge is 0.497 e. The van der Waals surface area contributed by atoms with Crippen molar-refractivity contribution in [3.05, 3.63) is 83.4 Å². The zero-order chi connectivity index (χ0) is 21.1. The van der Waals surface area contributed by atoms with Gasteiger partial charge in [0.05, 0.1) is 13.7 Å². The minimum atomic E-state index is 0.0166. The first-order valence-corrected chi connectivity index (χ1v) is 11.6. The van der Waals surface area contributed by atoms with Crippen molar-refractivity contribution in [3.8, 4) is 21.9 Å². The molecule has 0 N–H and O–H groups in total. The fourth-order valence-corrected chi connectivity index (χ4v) is 4.84. The molecule has 0 aliphatic rings. The van der Waals surface area contributed by atoms with Crippen molar-refractivity contribution in [1.82, 2.24) is 0 Å². The summed E-state index contributed by atoms with van der Waals surface area (Å²) in [6.45, 7) is 2.66. The Kier molecular flexibility index (Phi) is 6.21. The molecule has 0 unspecified atom stereocenters. The van der Waals surface area contributed by atoms with Crippen LogP contribution in [0.4, 0.5) is 0 Å². The predicted octanol–water partition coefficient (Wildman–Crippen LogP) is 6.89. The summed E-state index contributed by atoms with van der Waals surface area (Å²) in [5.74, 6) is 1.57. The molecule has 0 radical (unpaired) electrons. The Morgan fingerprint density at radius 1 is 0.967 bits per heavy atom. The third kappa shape index (κ3) is 4.13. The monoisotopic (exact) mass is 480 g/mol. The van der Waals surface area contributed by atoms with Crippen molar-refractivity contribution in [2.45, 2.75) is 6.92 Å². The molecule has 4 rings (SSSR count). The molecule has 1 aromatic heterocycles. The van der Waals surface area contributed by atoms with Gasteiger partial charge in [-0.15, -0.1) is 11.3 Å². The smallest absolute Gasteiger partial charge is 0.195 e. The number of hydrogen-bond donors (Lipinski definition) is 0. The zero-order valence-electron chi connectivity index (χ0n) is 16.8. The first-order chi connectivity index (χ1) is 14.6. The van der Waals surface area contributed by atoms with Gasteiger partial charge in [-0.3, -0.25) is 4.79 Å². The van der Waals surface area contributed by atoms with Crippen LogP contribution in [0, 0.1) is 6.92 Å². The van der Waals surface area contributed by atoms with Gasteiger partial charge in [-0.05, 0) is 72.6 Å². The molecule has 0 saturated carbocycles. The summed E-state index contributed by atoms with van der Waals surface area (Å²) in [6.07, 6.45) is 0. The van der Waals surface area contributed by atoms with E-state index in [0.717, 1.165) is 42.9 Å². The van der Waals surface area contributed by atoms with E-state index in [0.29, 0.717) is 12.2 Å². The van der Waals surface area contributed by atoms with Crippen LogP contribution >= 0.6 is 27.3 Å². The summed E-state index contributed by atoms with van der Waals surface area (Å²) in [7, 11) is 1.65. The lowest BCUT2D eigenvalue weighted by molar-refractivity contribution is 0.104. The number of fused-ring (bicyclic) bond motifs is 1. The zero-order valence-corrected chi connectivity index (χ0v) is 19.2. The lowest BCUT2D eigenvalue weighted by Gasteiger charge is -2.08. The molecule has 0 amide bonds. The Morgan fingerprint density at radius 2 is 1.67 bits per heavy atom. The van der Waals surface area contributed by atoms with Gasteiger partial charge in [0.15, 0.2) is 5.78 Å². The van der Waals surface area contributed by atoms with E-state index in [4.69, 9.17) is 9.47 Å². The van der Waals surface area contributed by atoms with E-state index < -0.39 is 0 Å². The standard InChI is InChI=1S/C25H21BrO3S/c1-16-3-12-21-22(15-16)30-25(18-6-8-19(28-2)9-7-18)23(21)24(27)17-4-10-20(11-5-17)29-14-13-26/h3-12,15H,13-14H2,1-2H3. The van der Waals surface area contributed by atoms with Gasteiger partial charge in [0.2, 0.25) is 0 Å². The lowest BCUT2D eigenvalue weighted by atomic mass is 9.97. The average Bonchev–Trinajstić information content (AvgIpc) is 3.16. The number of alkyl halides is 1. The van der Waals surface area contributed by atoms with E-state index in [1.807, 2.05) is 48.5 Å². The first-order valence-electron chi connectivity index (χ1n) is 9.62. The molecular weight excluding hydrogens is 460 g/mol. The van der Waals surface area contributed by atoms with Crippen molar-refractivity contribution in [2.24, 2.45) is 0 Å². The van der Waals surface area contributed by atoms with Gasteiger partial charge in [-0.1, -0.05) is 28.1 Å². The second-order valence-corrected chi connectivity index (χ2v) is 8.77. The van der Waals surface area contributed by atoms with Crippen LogP contribution in [0.5, 0.6) is 11.5 Å². The van der Waals surface area contributed by atoms with E-state index in [-0.39, 0.29) is 5.78 Å². The van der Waals surface area contributed by atoms with Crippen LogP contribution < -0.4 is 9.47 Å². The van der Waals surface area contributed by atoms with Crippen LogP contribution in [0.3, 0.4) is 0 Å². The van der Waals surface area contributed by atoms with E-state index in [2.05, 4.69) is 41.1 Å². The lowest BCUT2D eigenvalue weighted by Crippen LogP contribution is -2.03. The molecule has 30 heavy (non-hydrogen) atoms. The minimum absolute atomic E-state index is 0.0166. The van der Waals surface area contributed by atoms with E-state index in [9.17, 15) is 4.79 Å². The molecule has 0 spiro atoms. The second-order valence-electron chi connectivity index (χ2n) is 6.93. The van der Waals surface area contributed by atoms with Gasteiger partial charge < -0.3 is 9.47 Å². The summed E-state index contributed by atoms with van der Waals surface area (Å²) in [5, 5.41) is 1.75. The number of aryl methyl sites for hydroxylation is 1. The maximum Gasteiger partial charge on any atom is 0.195 e. The summed E-state index contributed by atoms with van der Waals surface area (Å²) in [4.78, 5) is 14.6. The summed E-state index contributed by atoms with van der Waals surface area (Å²) in [6, 6.07) is 21.5. The van der Waals surface area contributed by atoms with Crippen molar-refractivity contribution in [2.75, 3.05) is 19.0 Å². The Hall–Kier alpha value is -2.63. The third-order valence-corrected chi connectivity index (χ3v) is 6.41. The maximum atomic E-state index is 13.6. The van der Waals surface area contributed by atoms with Gasteiger partial charge in [-0.25, -0.2) is 0 Å². The molecule has 0 aliphatic heterocycles. The van der Waals surface area contributed by atoms with Crippen LogP contribution in [0.1, 0.15) is 21.5 Å². The Bertz CT molecular complexity index is 1180. The molecule has 0 atom stereocenters. The van der Waals surface area contributed by atoms with Crippen LogP contribution in [0.15, 0.2) is 66.7 Å². The highest BCUT2D eigenvalue weighted by molar-refractivity contribution is 9.09. The summed E-state index contributed by atoms with van der Waals surface area (Å²) in [5.41, 5.74) is 3.58. The second kappa shape index (κ2) is 9.02. The number of rotatable bonds is 7. The summed E-state index contributed by atoms with van der Waals surface area (Å²) < 4.78 is 12.0. The molecule has 3 aromatic carbocycles. The highest BCUT2D eigenvalue weighted by Crippen LogP contribution is 2.40. The number of ketones is 1. The van der Waals surface area contributed by atoms with E-state index in [1.165, 1.54) is 5.56 Å². The number of carbonyl (C=O) groups excluding carboxylic acids is 1. The Balaban J connectivity index is 1.80. The number of carbonyl (C=O) groups is 1. The SMILES string of the molecule is COc1ccc(-c2sc3cc(C)ccc3c2C(=O)c2ccc(OCCBr)cc2)cc1. The normalized spacial score (nSPS) is 10.9. The van der Waals surface area contributed by atoms with Gasteiger partial charge in [0.1, 0.15) is 11.5 Å². The molecule has 0 saturated heterocycles. The Morgan fingerprint density at radius 3 is 2.33 bits per heavy atom. The number of halogens is 1. The maximum absolute atomic E-state index is 13.6. The topological polar surface area (TPSA) is 35.5 Å². The van der Waals surface area contributed by atoms with Crippen molar-refractivity contribution in [1.29, 1.82) is 0 Å². The van der Waals surface area contributed by atoms with Gasteiger partial charge in [-0.2, -0.15) is 0 Å². The van der Waals surface area contributed by atoms with E-state index in [1.54, 1.807) is 18.4 Å². The summed E-state index contributed by atoms with van der Waals surface area (Å²) >= 11 is 5.00. The molecule has 0 bridgehead atoms. The molecule has 0 fully saturated rings. The van der Waals surface area contributed by atoms with Crippen LogP contribution in [-0.2, 0) is 0 Å². The van der Waals surface area contributed by atoms with Crippen LogP contribution in [0.25, 0.3) is 20.5 Å². The number of thiophene rings is 1. The molecule has 0 aliphatic carbocycles. The first kappa shape index (κ1) is 20.6. The highest BCUT2D eigenvalue weighted by Gasteiger charge is 2.21. The van der Waals surface area contributed by atoms with Gasteiger partial charge >= 0.3 is 0 Å². The molecule has 5 heteroatoms.